The topological polar surface area (TPSA) is 12.0 Å². The molecule has 0 heterocycles. The Balaban J connectivity index is 1.95. The summed E-state index contributed by atoms with van der Waals surface area (Å²) in [5, 5.41) is 6.91. The first-order valence-corrected chi connectivity index (χ1v) is 8.30. The van der Waals surface area contributed by atoms with Crippen LogP contribution in [0.5, 0.6) is 0 Å². The number of anilines is 1. The molecule has 3 rings (SSSR count). The van der Waals surface area contributed by atoms with Crippen molar-refractivity contribution in [3.05, 3.63) is 74.8 Å². The zero-order chi connectivity index (χ0) is 14.8. The summed E-state index contributed by atoms with van der Waals surface area (Å²) >= 11 is 8.33. The highest BCUT2D eigenvalue weighted by atomic mass is 127. The van der Waals surface area contributed by atoms with E-state index >= 15 is 0 Å². The molecule has 0 spiro atoms. The molecule has 0 bridgehead atoms. The molecule has 21 heavy (non-hydrogen) atoms. The first-order valence-electron chi connectivity index (χ1n) is 6.84. The van der Waals surface area contributed by atoms with Gasteiger partial charge in [0.2, 0.25) is 0 Å². The van der Waals surface area contributed by atoms with Gasteiger partial charge in [-0.2, -0.15) is 0 Å². The van der Waals surface area contributed by atoms with E-state index in [9.17, 15) is 0 Å². The zero-order valence-electron chi connectivity index (χ0n) is 11.6. The van der Waals surface area contributed by atoms with Crippen LogP contribution in [0.4, 0.5) is 5.69 Å². The van der Waals surface area contributed by atoms with Crippen LogP contribution in [0.15, 0.2) is 60.7 Å². The van der Waals surface area contributed by atoms with Crippen molar-refractivity contribution >= 4 is 50.7 Å². The van der Waals surface area contributed by atoms with Crippen LogP contribution in [0.25, 0.3) is 10.8 Å². The van der Waals surface area contributed by atoms with E-state index in [-0.39, 0.29) is 6.04 Å². The van der Waals surface area contributed by atoms with E-state index in [0.717, 1.165) is 14.3 Å². The lowest BCUT2D eigenvalue weighted by Crippen LogP contribution is -2.08. The fourth-order valence-electron chi connectivity index (χ4n) is 2.55. The molecule has 3 heteroatoms. The molecular formula is C18H15ClIN. The van der Waals surface area contributed by atoms with Crippen LogP contribution in [-0.2, 0) is 0 Å². The molecule has 1 unspecified atom stereocenters. The highest BCUT2D eigenvalue weighted by Gasteiger charge is 2.10. The van der Waals surface area contributed by atoms with Crippen molar-refractivity contribution in [2.45, 2.75) is 13.0 Å². The van der Waals surface area contributed by atoms with E-state index < -0.39 is 0 Å². The van der Waals surface area contributed by atoms with Crippen molar-refractivity contribution in [1.82, 2.24) is 0 Å². The second kappa shape index (κ2) is 6.24. The molecule has 0 amide bonds. The van der Waals surface area contributed by atoms with Gasteiger partial charge >= 0.3 is 0 Å². The van der Waals surface area contributed by atoms with Gasteiger partial charge in [0.1, 0.15) is 0 Å². The van der Waals surface area contributed by atoms with Crippen molar-refractivity contribution in [3.63, 3.8) is 0 Å². The smallest absolute Gasteiger partial charge is 0.0492 e. The van der Waals surface area contributed by atoms with Crippen molar-refractivity contribution in [2.24, 2.45) is 0 Å². The lowest BCUT2D eigenvalue weighted by molar-refractivity contribution is 0.893. The Morgan fingerprint density at radius 2 is 1.76 bits per heavy atom. The van der Waals surface area contributed by atoms with E-state index in [4.69, 9.17) is 11.6 Å². The molecule has 0 aliphatic carbocycles. The average molecular weight is 408 g/mol. The fourth-order valence-corrected chi connectivity index (χ4v) is 3.57. The van der Waals surface area contributed by atoms with Crippen LogP contribution in [0.2, 0.25) is 5.02 Å². The minimum absolute atomic E-state index is 0.228. The highest BCUT2D eigenvalue weighted by molar-refractivity contribution is 14.1. The lowest BCUT2D eigenvalue weighted by Gasteiger charge is -2.19. The fraction of sp³-hybridized carbons (Fsp3) is 0.111. The summed E-state index contributed by atoms with van der Waals surface area (Å²) in [6.07, 6.45) is 0. The molecule has 106 valence electrons. The molecule has 0 fully saturated rings. The van der Waals surface area contributed by atoms with Gasteiger partial charge in [-0.3, -0.25) is 0 Å². The number of fused-ring (bicyclic) bond motifs is 1. The quantitative estimate of drug-likeness (QED) is 0.504. The van der Waals surface area contributed by atoms with Gasteiger partial charge in [0.25, 0.3) is 0 Å². The molecule has 3 aromatic carbocycles. The Morgan fingerprint density at radius 1 is 1.00 bits per heavy atom. The van der Waals surface area contributed by atoms with E-state index in [1.807, 2.05) is 18.2 Å². The Labute approximate surface area is 143 Å². The monoisotopic (exact) mass is 407 g/mol. The summed E-state index contributed by atoms with van der Waals surface area (Å²) in [4.78, 5) is 0. The van der Waals surface area contributed by atoms with Crippen molar-refractivity contribution in [1.29, 1.82) is 0 Å². The average Bonchev–Trinajstić information content (AvgIpc) is 2.49. The second-order valence-corrected chi connectivity index (χ2v) is 6.66. The summed E-state index contributed by atoms with van der Waals surface area (Å²) in [5.41, 5.74) is 2.42. The normalized spacial score (nSPS) is 12.3. The third-order valence-electron chi connectivity index (χ3n) is 3.59. The maximum absolute atomic E-state index is 6.02. The summed E-state index contributed by atoms with van der Waals surface area (Å²) in [6, 6.07) is 21.1. The lowest BCUT2D eigenvalue weighted by atomic mass is 9.99. The van der Waals surface area contributed by atoms with Gasteiger partial charge in [0.15, 0.2) is 0 Å². The number of nitrogens with one attached hydrogen (secondary N) is 1. The molecule has 0 saturated carbocycles. The number of halogens is 2. The number of hydrogen-bond acceptors (Lipinski definition) is 1. The first kappa shape index (κ1) is 14.7. The van der Waals surface area contributed by atoms with Gasteiger partial charge < -0.3 is 5.32 Å². The second-order valence-electron chi connectivity index (χ2n) is 5.06. The van der Waals surface area contributed by atoms with E-state index in [1.165, 1.54) is 16.3 Å². The van der Waals surface area contributed by atoms with Crippen LogP contribution in [0.3, 0.4) is 0 Å². The zero-order valence-corrected chi connectivity index (χ0v) is 14.5. The van der Waals surface area contributed by atoms with Crippen LogP contribution in [-0.4, -0.2) is 0 Å². The molecule has 0 saturated heterocycles. The summed E-state index contributed by atoms with van der Waals surface area (Å²) < 4.78 is 1.13. The highest BCUT2D eigenvalue weighted by Crippen LogP contribution is 2.29. The molecular weight excluding hydrogens is 393 g/mol. The third-order valence-corrected chi connectivity index (χ3v) is 4.72. The van der Waals surface area contributed by atoms with Gasteiger partial charge in [-0.1, -0.05) is 54.1 Å². The molecule has 1 N–H and O–H groups in total. The van der Waals surface area contributed by atoms with Crippen LogP contribution < -0.4 is 5.32 Å². The van der Waals surface area contributed by atoms with Crippen LogP contribution in [0, 0.1) is 3.57 Å². The molecule has 3 aromatic rings. The largest absolute Gasteiger partial charge is 0.378 e. The molecule has 1 atom stereocenters. The molecule has 0 radical (unpaired) electrons. The Kier molecular flexibility index (Phi) is 4.36. The van der Waals surface area contributed by atoms with Gasteiger partial charge in [0.05, 0.1) is 0 Å². The maximum Gasteiger partial charge on any atom is 0.0492 e. The van der Waals surface area contributed by atoms with E-state index in [1.54, 1.807) is 0 Å². The molecule has 1 nitrogen and oxygen atoms in total. The predicted molar refractivity (Wildman–Crippen MR) is 100 cm³/mol. The Hall–Kier alpha value is -1.26. The molecule has 0 aliphatic heterocycles. The van der Waals surface area contributed by atoms with Crippen LogP contribution in [0.1, 0.15) is 18.5 Å². The maximum atomic E-state index is 6.02. The number of benzene rings is 3. The van der Waals surface area contributed by atoms with E-state index in [2.05, 4.69) is 77.3 Å². The predicted octanol–water partition coefficient (Wildman–Crippen LogP) is 6.27. The minimum atomic E-state index is 0.228. The molecule has 0 aliphatic rings. The van der Waals surface area contributed by atoms with Crippen molar-refractivity contribution < 1.29 is 0 Å². The van der Waals surface area contributed by atoms with Gasteiger partial charge in [-0.05, 0) is 64.0 Å². The molecule has 0 aromatic heterocycles. The van der Waals surface area contributed by atoms with Crippen molar-refractivity contribution in [3.8, 4) is 0 Å². The minimum Gasteiger partial charge on any atom is -0.378 e. The third kappa shape index (κ3) is 3.16. The van der Waals surface area contributed by atoms with Gasteiger partial charge in [-0.25, -0.2) is 0 Å². The summed E-state index contributed by atoms with van der Waals surface area (Å²) in [6.45, 7) is 2.19. The summed E-state index contributed by atoms with van der Waals surface area (Å²) in [7, 11) is 0. The van der Waals surface area contributed by atoms with E-state index in [0.29, 0.717) is 0 Å². The van der Waals surface area contributed by atoms with Gasteiger partial charge in [0, 0.05) is 20.3 Å². The van der Waals surface area contributed by atoms with Crippen LogP contribution >= 0.6 is 34.2 Å². The Bertz CT molecular complexity index is 780. The number of hydrogen-bond donors (Lipinski definition) is 1. The van der Waals surface area contributed by atoms with Crippen molar-refractivity contribution in [2.75, 3.05) is 5.32 Å². The number of rotatable bonds is 3. The SMILES string of the molecule is CC(Nc1ccc(Cl)cc1I)c1cccc2ccccc12. The Morgan fingerprint density at radius 3 is 2.57 bits per heavy atom. The van der Waals surface area contributed by atoms with Gasteiger partial charge in [-0.15, -0.1) is 0 Å². The first-order chi connectivity index (χ1) is 10.1. The standard InChI is InChI=1S/C18H15ClIN/c1-12(21-18-10-9-14(19)11-17(18)20)15-8-4-6-13-5-2-3-7-16(13)15/h2-12,21H,1H3. The summed E-state index contributed by atoms with van der Waals surface area (Å²) in [5.74, 6) is 0.